The first kappa shape index (κ1) is 11.4. The molecule has 0 radical (unpaired) electrons. The molecule has 1 aromatic heterocycles. The van der Waals surface area contributed by atoms with Crippen molar-refractivity contribution in [3.8, 4) is 0 Å². The van der Waals surface area contributed by atoms with Crippen molar-refractivity contribution in [3.05, 3.63) is 46.8 Å². The van der Waals surface area contributed by atoms with Gasteiger partial charge in [-0.3, -0.25) is 4.98 Å². The Kier molecular flexibility index (Phi) is 3.79. The van der Waals surface area contributed by atoms with Crippen molar-refractivity contribution in [1.29, 1.82) is 0 Å². The second-order valence-electron chi connectivity index (χ2n) is 3.18. The number of halogens is 1. The molecule has 3 nitrogen and oxygen atoms in total. The number of aromatic nitrogens is 2. The van der Waals surface area contributed by atoms with Crippen molar-refractivity contribution in [3.63, 3.8) is 0 Å². The van der Waals surface area contributed by atoms with Crippen molar-refractivity contribution < 1.29 is 0 Å². The Labute approximate surface area is 107 Å². The van der Waals surface area contributed by atoms with E-state index in [0.717, 1.165) is 20.9 Å². The van der Waals surface area contributed by atoms with E-state index in [1.54, 1.807) is 30.4 Å². The predicted octanol–water partition coefficient (Wildman–Crippen LogP) is 3.11. The Morgan fingerprint density at radius 3 is 2.88 bits per heavy atom. The molecule has 0 fully saturated rings. The highest BCUT2D eigenvalue weighted by molar-refractivity contribution is 9.10. The topological polar surface area (TPSA) is 51.8 Å². The molecule has 0 aliphatic carbocycles. The molecule has 5 heteroatoms. The van der Waals surface area contributed by atoms with Gasteiger partial charge >= 0.3 is 0 Å². The van der Waals surface area contributed by atoms with Crippen LogP contribution >= 0.6 is 27.7 Å². The first-order chi connectivity index (χ1) is 7.75. The van der Waals surface area contributed by atoms with Gasteiger partial charge < -0.3 is 5.73 Å². The third-order valence-electron chi connectivity index (χ3n) is 1.99. The first-order valence-corrected chi connectivity index (χ1v) is 6.46. The van der Waals surface area contributed by atoms with E-state index in [0.29, 0.717) is 0 Å². The number of nitrogens with two attached hydrogens (primary N) is 1. The number of nitrogen functional groups attached to an aromatic ring is 1. The normalized spacial score (nSPS) is 10.3. The molecular weight excluding hydrogens is 286 g/mol. The summed E-state index contributed by atoms with van der Waals surface area (Å²) in [7, 11) is 0. The van der Waals surface area contributed by atoms with Gasteiger partial charge in [-0.2, -0.15) is 0 Å². The number of rotatable bonds is 3. The highest BCUT2D eigenvalue weighted by Crippen LogP contribution is 2.26. The number of hydrogen-bond acceptors (Lipinski definition) is 4. The molecule has 16 heavy (non-hydrogen) atoms. The Balaban J connectivity index is 2.05. The molecule has 0 atom stereocenters. The highest BCUT2D eigenvalue weighted by Gasteiger charge is 2.02. The molecule has 0 saturated carbocycles. The summed E-state index contributed by atoms with van der Waals surface area (Å²) in [5.74, 6) is 0.847. The minimum atomic E-state index is 0.764. The van der Waals surface area contributed by atoms with Crippen molar-refractivity contribution in [2.45, 2.75) is 10.8 Å². The van der Waals surface area contributed by atoms with Crippen LogP contribution < -0.4 is 5.73 Å². The number of anilines is 1. The first-order valence-electron chi connectivity index (χ1n) is 4.68. The van der Waals surface area contributed by atoms with Gasteiger partial charge in [-0.15, -0.1) is 11.8 Å². The van der Waals surface area contributed by atoms with Crippen LogP contribution in [0.3, 0.4) is 0 Å². The lowest BCUT2D eigenvalue weighted by Gasteiger charge is -2.04. The minimum Gasteiger partial charge on any atom is -0.399 e. The fourth-order valence-corrected chi connectivity index (χ4v) is 2.74. The molecular formula is C11H10BrN3S. The summed E-state index contributed by atoms with van der Waals surface area (Å²) < 4.78 is 1.03. The molecule has 0 amide bonds. The summed E-state index contributed by atoms with van der Waals surface area (Å²) in [6, 6.07) is 5.83. The summed E-state index contributed by atoms with van der Waals surface area (Å²) in [6.45, 7) is 0. The van der Waals surface area contributed by atoms with Crippen LogP contribution in [0.2, 0.25) is 0 Å². The maximum atomic E-state index is 5.68. The van der Waals surface area contributed by atoms with E-state index < -0.39 is 0 Å². The molecule has 2 rings (SSSR count). The van der Waals surface area contributed by atoms with Crippen LogP contribution in [-0.4, -0.2) is 9.97 Å². The lowest BCUT2D eigenvalue weighted by atomic mass is 10.2. The predicted molar refractivity (Wildman–Crippen MR) is 70.1 cm³/mol. The lowest BCUT2D eigenvalue weighted by Crippen LogP contribution is -1.89. The second kappa shape index (κ2) is 5.32. The van der Waals surface area contributed by atoms with Gasteiger partial charge in [0.15, 0.2) is 0 Å². The van der Waals surface area contributed by atoms with Gasteiger partial charge in [0, 0.05) is 28.3 Å². The Morgan fingerprint density at radius 2 is 2.19 bits per heavy atom. The maximum Gasteiger partial charge on any atom is 0.115 e. The zero-order valence-electron chi connectivity index (χ0n) is 8.43. The van der Waals surface area contributed by atoms with Crippen LogP contribution in [0.15, 0.2) is 46.3 Å². The fourth-order valence-electron chi connectivity index (χ4n) is 1.19. The van der Waals surface area contributed by atoms with Crippen molar-refractivity contribution in [2.75, 3.05) is 5.73 Å². The molecule has 0 saturated heterocycles. The Hall–Kier alpha value is -1.07. The van der Waals surface area contributed by atoms with Crippen LogP contribution in [0.1, 0.15) is 5.56 Å². The summed E-state index contributed by atoms with van der Waals surface area (Å²) in [4.78, 5) is 8.22. The smallest absolute Gasteiger partial charge is 0.115 e. The maximum absolute atomic E-state index is 5.68. The molecule has 0 spiro atoms. The third kappa shape index (κ3) is 2.96. The van der Waals surface area contributed by atoms with E-state index in [4.69, 9.17) is 5.73 Å². The van der Waals surface area contributed by atoms with E-state index in [2.05, 4.69) is 25.9 Å². The largest absolute Gasteiger partial charge is 0.399 e. The summed E-state index contributed by atoms with van der Waals surface area (Å²) >= 11 is 5.14. The van der Waals surface area contributed by atoms with Gasteiger partial charge in [-0.05, 0) is 17.7 Å². The monoisotopic (exact) mass is 295 g/mol. The molecule has 0 aliphatic heterocycles. The summed E-state index contributed by atoms with van der Waals surface area (Å²) in [5.41, 5.74) is 7.64. The molecule has 0 bridgehead atoms. The lowest BCUT2D eigenvalue weighted by molar-refractivity contribution is 1.05. The van der Waals surface area contributed by atoms with Gasteiger partial charge in [0.1, 0.15) is 5.03 Å². The molecule has 1 aromatic carbocycles. The quantitative estimate of drug-likeness (QED) is 0.698. The average molecular weight is 296 g/mol. The Morgan fingerprint density at radius 1 is 1.31 bits per heavy atom. The van der Waals surface area contributed by atoms with Crippen molar-refractivity contribution >= 4 is 33.4 Å². The average Bonchev–Trinajstić information content (AvgIpc) is 2.29. The van der Waals surface area contributed by atoms with Gasteiger partial charge in [-0.25, -0.2) is 4.98 Å². The van der Waals surface area contributed by atoms with Crippen LogP contribution in [0.5, 0.6) is 0 Å². The Bertz CT molecular complexity index is 476. The van der Waals surface area contributed by atoms with E-state index in [1.165, 1.54) is 5.56 Å². The number of benzene rings is 1. The molecule has 82 valence electrons. The number of nitrogens with zero attached hydrogens (tertiary/aromatic N) is 2. The van der Waals surface area contributed by atoms with E-state index >= 15 is 0 Å². The van der Waals surface area contributed by atoms with Gasteiger partial charge in [0.05, 0.1) is 6.20 Å². The number of thioether (sulfide) groups is 1. The van der Waals surface area contributed by atoms with Crippen LogP contribution in [0.25, 0.3) is 0 Å². The minimum absolute atomic E-state index is 0.764. The van der Waals surface area contributed by atoms with Crippen LogP contribution in [0, 0.1) is 0 Å². The van der Waals surface area contributed by atoms with E-state index in [-0.39, 0.29) is 0 Å². The van der Waals surface area contributed by atoms with Gasteiger partial charge in [-0.1, -0.05) is 22.0 Å². The van der Waals surface area contributed by atoms with Crippen LogP contribution in [0.4, 0.5) is 5.69 Å². The second-order valence-corrected chi connectivity index (χ2v) is 5.03. The number of hydrogen-bond donors (Lipinski definition) is 1. The molecule has 1 heterocycles. The molecule has 0 aliphatic rings. The molecule has 2 N–H and O–H groups in total. The van der Waals surface area contributed by atoms with E-state index in [1.807, 2.05) is 18.2 Å². The third-order valence-corrected chi connectivity index (χ3v) is 3.69. The summed E-state index contributed by atoms with van der Waals surface area (Å²) in [6.07, 6.45) is 5.12. The van der Waals surface area contributed by atoms with Gasteiger partial charge in [0.25, 0.3) is 0 Å². The molecule has 2 aromatic rings. The zero-order valence-corrected chi connectivity index (χ0v) is 10.8. The summed E-state index contributed by atoms with van der Waals surface area (Å²) in [5, 5.41) is 0.922. The SMILES string of the molecule is Nc1ccc(CSc2cnccn2)c(Br)c1. The van der Waals surface area contributed by atoms with Crippen molar-refractivity contribution in [2.24, 2.45) is 0 Å². The van der Waals surface area contributed by atoms with Crippen LogP contribution in [-0.2, 0) is 5.75 Å². The van der Waals surface area contributed by atoms with Gasteiger partial charge in [0.2, 0.25) is 0 Å². The fraction of sp³-hybridized carbons (Fsp3) is 0.0909. The highest BCUT2D eigenvalue weighted by atomic mass is 79.9. The zero-order chi connectivity index (χ0) is 11.4. The van der Waals surface area contributed by atoms with Crippen molar-refractivity contribution in [1.82, 2.24) is 9.97 Å². The van der Waals surface area contributed by atoms with E-state index in [9.17, 15) is 0 Å². The molecule has 0 unspecified atom stereocenters. The standard InChI is InChI=1S/C11H10BrN3S/c12-10-5-9(13)2-1-8(10)7-16-11-6-14-3-4-15-11/h1-6H,7,13H2.